The Morgan fingerprint density at radius 1 is 0.568 bits per heavy atom. The molecule has 0 saturated heterocycles. The van der Waals surface area contributed by atoms with Crippen LogP contribution in [-0.4, -0.2) is 28.8 Å². The molecule has 0 unspecified atom stereocenters. The molecule has 0 fully saturated rings. The number of benzene rings is 4. The molecule has 0 atom stereocenters. The lowest BCUT2D eigenvalue weighted by atomic mass is 9.63. The fourth-order valence-corrected chi connectivity index (χ4v) is 6.17. The predicted molar refractivity (Wildman–Crippen MR) is 192 cm³/mol. The first-order valence-electron chi connectivity index (χ1n) is 14.4. The van der Waals surface area contributed by atoms with Crippen molar-refractivity contribution >= 4 is 72.1 Å². The molecule has 4 rings (SSSR count). The van der Waals surface area contributed by atoms with Gasteiger partial charge >= 0.3 is 0 Å². The van der Waals surface area contributed by atoms with Crippen molar-refractivity contribution in [3.63, 3.8) is 0 Å². The lowest BCUT2D eigenvalue weighted by Gasteiger charge is -2.16. The molecule has 0 aliphatic heterocycles. The molecule has 0 heterocycles. The quantitative estimate of drug-likeness (QED) is 0.111. The zero-order chi connectivity index (χ0) is 31.6. The summed E-state index contributed by atoms with van der Waals surface area (Å²) in [6.07, 6.45) is 3.85. The van der Waals surface area contributed by atoms with Crippen molar-refractivity contribution < 1.29 is 9.47 Å². The first-order chi connectivity index (χ1) is 21.2. The summed E-state index contributed by atoms with van der Waals surface area (Å²) < 4.78 is 10.7. The molecule has 4 nitrogen and oxygen atoms in total. The Morgan fingerprint density at radius 3 is 1.25 bits per heavy atom. The Balaban J connectivity index is 1.46. The lowest BCUT2D eigenvalue weighted by Crippen LogP contribution is -2.12. The molecule has 44 heavy (non-hydrogen) atoms. The molecule has 226 valence electrons. The highest BCUT2D eigenvalue weighted by molar-refractivity contribution is 6.48. The number of nitrogens with two attached hydrogens (primary N) is 2. The van der Waals surface area contributed by atoms with Crippen LogP contribution in [0.4, 0.5) is 0 Å². The van der Waals surface area contributed by atoms with E-state index in [0.29, 0.717) is 20.1 Å². The third-order valence-electron chi connectivity index (χ3n) is 7.44. The Labute approximate surface area is 281 Å². The maximum atomic E-state index is 6.73. The van der Waals surface area contributed by atoms with Gasteiger partial charge in [0, 0.05) is 31.2 Å². The van der Waals surface area contributed by atoms with E-state index in [1.807, 2.05) is 72.8 Å². The summed E-state index contributed by atoms with van der Waals surface area (Å²) >= 11 is 25.6. The first-order valence-corrected chi connectivity index (χ1v) is 15.9. The van der Waals surface area contributed by atoms with Gasteiger partial charge in [-0.2, -0.15) is 0 Å². The largest absolute Gasteiger partial charge is 0.497 e. The second-order valence-electron chi connectivity index (χ2n) is 10.4. The van der Waals surface area contributed by atoms with Gasteiger partial charge in [0.25, 0.3) is 0 Å². The average molecular weight is 666 g/mol. The van der Waals surface area contributed by atoms with E-state index in [-0.39, 0.29) is 0 Å². The first kappa shape index (κ1) is 33.7. The molecule has 0 saturated carbocycles. The van der Waals surface area contributed by atoms with Gasteiger partial charge in [0.15, 0.2) is 14.6 Å². The van der Waals surface area contributed by atoms with Gasteiger partial charge in [0.2, 0.25) is 0 Å². The molecular weight excluding hydrogens is 632 g/mol. The SMILES string of the molecule is COc1ccc(C(=C(N)BCCCCBC(N)=C(c2ccc(OC)cc2)c2ccc(Cl)cc2Cl)c2ccc(Cl)cc2Cl)cc1. The molecule has 0 aliphatic rings. The summed E-state index contributed by atoms with van der Waals surface area (Å²) in [7, 11) is 4.74. The minimum atomic E-state index is 0.557. The summed E-state index contributed by atoms with van der Waals surface area (Å²) in [4.78, 5) is 0. The Kier molecular flexibility index (Phi) is 12.5. The van der Waals surface area contributed by atoms with Gasteiger partial charge in [-0.15, -0.1) is 0 Å². The van der Waals surface area contributed by atoms with E-state index in [4.69, 9.17) is 67.3 Å². The monoisotopic (exact) mass is 664 g/mol. The maximum absolute atomic E-state index is 6.73. The molecule has 4 aromatic carbocycles. The van der Waals surface area contributed by atoms with Crippen molar-refractivity contribution in [1.29, 1.82) is 0 Å². The fourth-order valence-electron chi connectivity index (χ4n) is 5.16. The summed E-state index contributed by atoms with van der Waals surface area (Å²) in [5, 5.41) is 2.27. The highest BCUT2D eigenvalue weighted by Crippen LogP contribution is 2.35. The summed E-state index contributed by atoms with van der Waals surface area (Å²) in [6, 6.07) is 26.6. The second kappa shape index (κ2) is 16.2. The topological polar surface area (TPSA) is 70.5 Å². The van der Waals surface area contributed by atoms with E-state index >= 15 is 0 Å². The van der Waals surface area contributed by atoms with Gasteiger partial charge in [0.1, 0.15) is 11.5 Å². The molecule has 10 heteroatoms. The molecular formula is C34H34B2Cl4N2O2. The van der Waals surface area contributed by atoms with Crippen molar-refractivity contribution in [3.8, 4) is 11.5 Å². The number of hydrogen-bond donors (Lipinski definition) is 2. The summed E-state index contributed by atoms with van der Waals surface area (Å²) in [5.41, 5.74) is 20.5. The van der Waals surface area contributed by atoms with Crippen LogP contribution in [0.3, 0.4) is 0 Å². The molecule has 4 aromatic rings. The normalized spacial score (nSPS) is 12.2. The summed E-state index contributed by atoms with van der Waals surface area (Å²) in [6.45, 7) is 0. The molecule has 0 radical (unpaired) electrons. The van der Waals surface area contributed by atoms with Crippen molar-refractivity contribution in [2.75, 3.05) is 14.2 Å². The second-order valence-corrected chi connectivity index (χ2v) is 12.1. The molecule has 0 amide bonds. The third kappa shape index (κ3) is 8.73. The van der Waals surface area contributed by atoms with Crippen LogP contribution in [0.1, 0.15) is 35.1 Å². The van der Waals surface area contributed by atoms with Gasteiger partial charge < -0.3 is 20.9 Å². The van der Waals surface area contributed by atoms with Gasteiger partial charge in [0.05, 0.1) is 14.2 Å². The smallest absolute Gasteiger partial charge is 0.179 e. The number of rotatable bonds is 13. The van der Waals surface area contributed by atoms with Crippen molar-refractivity contribution in [2.24, 2.45) is 11.5 Å². The molecule has 0 spiro atoms. The van der Waals surface area contributed by atoms with Crippen LogP contribution in [0, 0.1) is 0 Å². The van der Waals surface area contributed by atoms with Crippen LogP contribution in [-0.2, 0) is 0 Å². The maximum Gasteiger partial charge on any atom is 0.179 e. The number of unbranched alkanes of at least 4 members (excludes halogenated alkanes) is 1. The van der Waals surface area contributed by atoms with E-state index in [1.54, 1.807) is 26.4 Å². The van der Waals surface area contributed by atoms with Crippen LogP contribution in [0.2, 0.25) is 32.7 Å². The average Bonchev–Trinajstić information content (AvgIpc) is 3.02. The Morgan fingerprint density at radius 2 is 0.932 bits per heavy atom. The third-order valence-corrected chi connectivity index (χ3v) is 8.54. The minimum Gasteiger partial charge on any atom is -0.497 e. The predicted octanol–water partition coefficient (Wildman–Crippen LogP) is 8.86. The zero-order valence-electron chi connectivity index (χ0n) is 24.8. The standard InChI is InChI=1S/C34H34B2Cl4N2O2/c1-43-25-11-5-21(6-12-25)31(27-15-9-23(37)19-29(27)39)33(41)35-17-3-4-18-36-34(42)32(22-7-13-26(44-2)14-8-22)28-16-10-24(38)20-30(28)40/h5-16,19-20,35-36H,3-4,17-18,41-42H2,1-2H3. The summed E-state index contributed by atoms with van der Waals surface area (Å²) in [5.74, 6) is 1.55. The minimum absolute atomic E-state index is 0.557. The van der Waals surface area contributed by atoms with Crippen molar-refractivity contribution in [3.05, 3.63) is 138 Å². The molecule has 0 aliphatic carbocycles. The Bertz CT molecular complexity index is 1520. The molecule has 0 aromatic heterocycles. The van der Waals surface area contributed by atoms with E-state index in [2.05, 4.69) is 0 Å². The van der Waals surface area contributed by atoms with E-state index < -0.39 is 0 Å². The lowest BCUT2D eigenvalue weighted by molar-refractivity contribution is 0.414. The Hall–Kier alpha value is -3.15. The molecule has 4 N–H and O–H groups in total. The number of halogens is 4. The van der Waals surface area contributed by atoms with Crippen LogP contribution in [0.25, 0.3) is 11.1 Å². The van der Waals surface area contributed by atoms with Gasteiger partial charge in [-0.3, -0.25) is 0 Å². The van der Waals surface area contributed by atoms with Crippen LogP contribution in [0.15, 0.2) is 96.1 Å². The van der Waals surface area contributed by atoms with Gasteiger partial charge in [-0.05, 0) is 82.0 Å². The van der Waals surface area contributed by atoms with Gasteiger partial charge in [-0.1, -0.05) is 108 Å². The highest BCUT2D eigenvalue weighted by atomic mass is 35.5. The van der Waals surface area contributed by atoms with Crippen molar-refractivity contribution in [2.45, 2.75) is 25.5 Å². The number of methoxy groups -OCH3 is 2. The number of hydrogen-bond acceptors (Lipinski definition) is 4. The van der Waals surface area contributed by atoms with Crippen LogP contribution >= 0.6 is 46.4 Å². The fraction of sp³-hybridized carbons (Fsp3) is 0.176. The van der Waals surface area contributed by atoms with E-state index in [9.17, 15) is 0 Å². The molecule has 0 bridgehead atoms. The van der Waals surface area contributed by atoms with Crippen molar-refractivity contribution in [1.82, 2.24) is 0 Å². The van der Waals surface area contributed by atoms with E-state index in [1.165, 1.54) is 0 Å². The van der Waals surface area contributed by atoms with Crippen LogP contribution in [0.5, 0.6) is 11.5 Å². The van der Waals surface area contributed by atoms with E-state index in [0.717, 1.165) is 96.1 Å². The van der Waals surface area contributed by atoms with Gasteiger partial charge in [-0.25, -0.2) is 0 Å². The highest BCUT2D eigenvalue weighted by Gasteiger charge is 2.16. The number of ether oxygens (including phenoxy) is 2. The van der Waals surface area contributed by atoms with Crippen LogP contribution < -0.4 is 20.9 Å². The zero-order valence-corrected chi connectivity index (χ0v) is 27.8.